The first kappa shape index (κ1) is 20.2. The summed E-state index contributed by atoms with van der Waals surface area (Å²) in [6.45, 7) is -0.337. The van der Waals surface area contributed by atoms with Crippen LogP contribution in [-0.4, -0.2) is 25.0 Å². The Morgan fingerprint density at radius 1 is 0.724 bits per heavy atom. The van der Waals surface area contributed by atoms with E-state index in [4.69, 9.17) is 21.1 Å². The van der Waals surface area contributed by atoms with Gasteiger partial charge >= 0.3 is 0 Å². The van der Waals surface area contributed by atoms with Crippen LogP contribution in [0.3, 0.4) is 0 Å². The number of anilines is 2. The number of carbonyl (C=O) groups excluding carboxylic acids is 2. The number of benzene rings is 3. The van der Waals surface area contributed by atoms with Crippen molar-refractivity contribution >= 4 is 34.8 Å². The van der Waals surface area contributed by atoms with Gasteiger partial charge in [0.2, 0.25) is 0 Å². The van der Waals surface area contributed by atoms with Crippen molar-refractivity contribution < 1.29 is 19.1 Å². The van der Waals surface area contributed by atoms with Crippen LogP contribution in [0.2, 0.25) is 5.02 Å². The topological polar surface area (TPSA) is 76.7 Å². The second kappa shape index (κ2) is 10.1. The van der Waals surface area contributed by atoms with Gasteiger partial charge in [-0.15, -0.1) is 0 Å². The molecule has 6 nitrogen and oxygen atoms in total. The maximum absolute atomic E-state index is 12.1. The van der Waals surface area contributed by atoms with Crippen molar-refractivity contribution in [1.82, 2.24) is 0 Å². The van der Waals surface area contributed by atoms with E-state index in [9.17, 15) is 9.59 Å². The first-order valence-electron chi connectivity index (χ1n) is 8.85. The predicted octanol–water partition coefficient (Wildman–Crippen LogP) is 4.38. The lowest BCUT2D eigenvalue weighted by atomic mass is 10.3. The average molecular weight is 411 g/mol. The van der Waals surface area contributed by atoms with Gasteiger partial charge in [0, 0.05) is 17.4 Å². The van der Waals surface area contributed by atoms with E-state index in [1.54, 1.807) is 60.7 Å². The summed E-state index contributed by atoms with van der Waals surface area (Å²) in [5.41, 5.74) is 1.22. The molecule has 0 atom stereocenters. The second-order valence-electron chi connectivity index (χ2n) is 6.00. The van der Waals surface area contributed by atoms with Crippen molar-refractivity contribution in [2.24, 2.45) is 0 Å². The van der Waals surface area contributed by atoms with E-state index >= 15 is 0 Å². The molecule has 0 bridgehead atoms. The molecule has 2 amide bonds. The summed E-state index contributed by atoms with van der Waals surface area (Å²) in [5, 5.41) is 5.88. The van der Waals surface area contributed by atoms with Gasteiger partial charge in [0.1, 0.15) is 11.5 Å². The molecule has 0 saturated heterocycles. The number of halogens is 1. The highest BCUT2D eigenvalue weighted by Crippen LogP contribution is 2.23. The highest BCUT2D eigenvalue weighted by molar-refractivity contribution is 6.32. The molecule has 0 aliphatic rings. The minimum absolute atomic E-state index is 0.151. The third kappa shape index (κ3) is 6.55. The smallest absolute Gasteiger partial charge is 0.262 e. The van der Waals surface area contributed by atoms with E-state index in [-0.39, 0.29) is 25.0 Å². The molecule has 0 fully saturated rings. The van der Waals surface area contributed by atoms with Crippen LogP contribution in [0.1, 0.15) is 0 Å². The summed E-state index contributed by atoms with van der Waals surface area (Å²) < 4.78 is 10.9. The normalized spacial score (nSPS) is 10.1. The molecular formula is C22H19ClN2O4. The Bertz CT molecular complexity index is 979. The van der Waals surface area contributed by atoms with Crippen molar-refractivity contribution in [1.29, 1.82) is 0 Å². The molecule has 0 heterocycles. The Morgan fingerprint density at radius 2 is 1.34 bits per heavy atom. The van der Waals surface area contributed by atoms with Gasteiger partial charge in [0.05, 0.1) is 5.02 Å². The predicted molar refractivity (Wildman–Crippen MR) is 113 cm³/mol. The molecule has 0 aliphatic heterocycles. The molecule has 3 aromatic carbocycles. The van der Waals surface area contributed by atoms with Crippen molar-refractivity contribution in [3.8, 4) is 11.5 Å². The maximum atomic E-state index is 12.1. The van der Waals surface area contributed by atoms with E-state index in [2.05, 4.69) is 10.6 Å². The fraction of sp³-hybridized carbons (Fsp3) is 0.0909. The molecule has 2 N–H and O–H groups in total. The molecule has 148 valence electrons. The van der Waals surface area contributed by atoms with E-state index < -0.39 is 0 Å². The third-order valence-corrected chi connectivity index (χ3v) is 4.05. The van der Waals surface area contributed by atoms with E-state index in [1.807, 2.05) is 18.2 Å². The number of hydrogen-bond donors (Lipinski definition) is 2. The van der Waals surface area contributed by atoms with Crippen LogP contribution in [0.4, 0.5) is 11.4 Å². The van der Waals surface area contributed by atoms with Crippen LogP contribution in [0, 0.1) is 0 Å². The van der Waals surface area contributed by atoms with Gasteiger partial charge in [-0.05, 0) is 36.4 Å². The Balaban J connectivity index is 1.48. The Morgan fingerprint density at radius 3 is 2.10 bits per heavy atom. The van der Waals surface area contributed by atoms with Gasteiger partial charge in [-0.2, -0.15) is 0 Å². The first-order valence-corrected chi connectivity index (χ1v) is 9.23. The zero-order chi connectivity index (χ0) is 20.5. The summed E-state index contributed by atoms with van der Waals surface area (Å²) in [6, 6.07) is 22.8. The first-order chi connectivity index (χ1) is 14.1. The Kier molecular flexibility index (Phi) is 7.08. The largest absolute Gasteiger partial charge is 0.484 e. The number of amides is 2. The maximum Gasteiger partial charge on any atom is 0.262 e. The third-order valence-electron chi connectivity index (χ3n) is 3.74. The van der Waals surface area contributed by atoms with E-state index in [0.717, 1.165) is 0 Å². The number of hydrogen-bond acceptors (Lipinski definition) is 4. The number of ether oxygens (including phenoxy) is 2. The molecule has 0 aliphatic carbocycles. The zero-order valence-corrected chi connectivity index (χ0v) is 16.2. The molecular weight excluding hydrogens is 392 g/mol. The molecule has 0 unspecified atom stereocenters. The van der Waals surface area contributed by atoms with E-state index in [0.29, 0.717) is 27.9 Å². The van der Waals surface area contributed by atoms with E-state index in [1.165, 1.54) is 0 Å². The van der Waals surface area contributed by atoms with Gasteiger partial charge in [-0.1, -0.05) is 48.0 Å². The van der Waals surface area contributed by atoms with Gasteiger partial charge in [0.25, 0.3) is 11.8 Å². The summed E-state index contributed by atoms with van der Waals surface area (Å²) >= 11 is 5.99. The molecule has 29 heavy (non-hydrogen) atoms. The Labute approximate surface area is 173 Å². The van der Waals surface area contributed by atoms with Crippen LogP contribution >= 0.6 is 11.6 Å². The lowest BCUT2D eigenvalue weighted by Crippen LogP contribution is -2.21. The van der Waals surface area contributed by atoms with Crippen molar-refractivity contribution in [2.75, 3.05) is 23.8 Å². The second-order valence-corrected chi connectivity index (χ2v) is 6.41. The fourth-order valence-electron chi connectivity index (χ4n) is 2.43. The standard InChI is InChI=1S/C22H19ClN2O4/c23-19-11-4-5-12-20(19)29-15-22(27)25-17-9-6-10-18(13-17)28-14-21(26)24-16-7-2-1-3-8-16/h1-13H,14-15H2,(H,24,26)(H,25,27). The average Bonchev–Trinajstić information content (AvgIpc) is 2.73. The monoisotopic (exact) mass is 410 g/mol. The van der Waals surface area contributed by atoms with Crippen LogP contribution < -0.4 is 20.1 Å². The van der Waals surface area contributed by atoms with Crippen molar-refractivity contribution in [3.63, 3.8) is 0 Å². The highest BCUT2D eigenvalue weighted by atomic mass is 35.5. The van der Waals surface area contributed by atoms with Crippen LogP contribution in [0.15, 0.2) is 78.9 Å². The minimum Gasteiger partial charge on any atom is -0.484 e. The van der Waals surface area contributed by atoms with Crippen molar-refractivity contribution in [2.45, 2.75) is 0 Å². The quantitative estimate of drug-likeness (QED) is 0.578. The molecule has 0 aromatic heterocycles. The molecule has 0 radical (unpaired) electrons. The molecule has 3 aromatic rings. The Hall–Kier alpha value is -3.51. The van der Waals surface area contributed by atoms with Gasteiger partial charge < -0.3 is 20.1 Å². The van der Waals surface area contributed by atoms with Gasteiger partial charge in [-0.25, -0.2) is 0 Å². The number of para-hydroxylation sites is 2. The minimum atomic E-state index is -0.344. The lowest BCUT2D eigenvalue weighted by molar-refractivity contribution is -0.118. The summed E-state index contributed by atoms with van der Waals surface area (Å²) in [4.78, 5) is 24.1. The fourth-order valence-corrected chi connectivity index (χ4v) is 2.62. The zero-order valence-electron chi connectivity index (χ0n) is 15.4. The van der Waals surface area contributed by atoms with Gasteiger partial charge in [-0.3, -0.25) is 9.59 Å². The van der Waals surface area contributed by atoms with Gasteiger partial charge in [0.15, 0.2) is 13.2 Å². The number of rotatable bonds is 8. The number of nitrogens with one attached hydrogen (secondary N) is 2. The van der Waals surface area contributed by atoms with Crippen LogP contribution in [0.5, 0.6) is 11.5 Å². The SMILES string of the molecule is O=C(COc1cccc(NC(=O)COc2ccccc2Cl)c1)Nc1ccccc1. The van der Waals surface area contributed by atoms with Crippen molar-refractivity contribution in [3.05, 3.63) is 83.9 Å². The lowest BCUT2D eigenvalue weighted by Gasteiger charge is -2.11. The van der Waals surface area contributed by atoms with Crippen LogP contribution in [-0.2, 0) is 9.59 Å². The summed E-state index contributed by atoms with van der Waals surface area (Å²) in [5.74, 6) is 0.270. The van der Waals surface area contributed by atoms with Crippen LogP contribution in [0.25, 0.3) is 0 Å². The molecule has 3 rings (SSSR count). The molecule has 7 heteroatoms. The number of carbonyl (C=O) groups is 2. The molecule has 0 spiro atoms. The summed E-state index contributed by atoms with van der Waals surface area (Å²) in [7, 11) is 0. The highest BCUT2D eigenvalue weighted by Gasteiger charge is 2.08. The summed E-state index contributed by atoms with van der Waals surface area (Å²) in [6.07, 6.45) is 0. The molecule has 0 saturated carbocycles.